The summed E-state index contributed by atoms with van der Waals surface area (Å²) >= 11 is 3.74. The van der Waals surface area contributed by atoms with E-state index in [-0.39, 0.29) is 6.10 Å². The molecule has 0 spiro atoms. The number of rotatable bonds is 4. The first-order valence-electron chi connectivity index (χ1n) is 5.37. The molecule has 1 N–H and O–H groups in total. The molecule has 0 aliphatic heterocycles. The van der Waals surface area contributed by atoms with Gasteiger partial charge < -0.3 is 0 Å². The van der Waals surface area contributed by atoms with Crippen LogP contribution in [-0.4, -0.2) is 20.1 Å². The summed E-state index contributed by atoms with van der Waals surface area (Å²) < 4.78 is 2.34. The van der Waals surface area contributed by atoms with Gasteiger partial charge in [-0.25, -0.2) is 0 Å². The molecule has 2 rings (SSSR count). The van der Waals surface area contributed by atoms with Crippen LogP contribution in [0.25, 0.3) is 0 Å². The van der Waals surface area contributed by atoms with Gasteiger partial charge in [0.2, 0.25) is 0 Å². The van der Waals surface area contributed by atoms with Crippen LogP contribution in [0.1, 0.15) is 11.7 Å². The predicted molar refractivity (Wildman–Crippen MR) is 75.7 cm³/mol. The van der Waals surface area contributed by atoms with E-state index >= 15 is 0 Å². The molecule has 2 aromatic carbocycles. The standard InChI is InChI=1S/C14H13BrOSe/c15-12-6-4-5-11(9-12)14(16)10-17-13-7-2-1-3-8-13/h1-9,14,16H,10H2/t14-/m0/s1. The summed E-state index contributed by atoms with van der Waals surface area (Å²) in [5.41, 5.74) is 0.984. The minimum atomic E-state index is -0.368. The van der Waals surface area contributed by atoms with Crippen molar-refractivity contribution >= 4 is 35.3 Å². The summed E-state index contributed by atoms with van der Waals surface area (Å²) in [6.45, 7) is 0. The molecule has 0 unspecified atom stereocenters. The van der Waals surface area contributed by atoms with Gasteiger partial charge in [0.1, 0.15) is 0 Å². The van der Waals surface area contributed by atoms with E-state index in [1.807, 2.05) is 42.5 Å². The van der Waals surface area contributed by atoms with Crippen LogP contribution in [0.15, 0.2) is 59.1 Å². The Balaban J connectivity index is 1.96. The Bertz CT molecular complexity index is 473. The van der Waals surface area contributed by atoms with Crippen molar-refractivity contribution in [3.05, 3.63) is 64.6 Å². The van der Waals surface area contributed by atoms with E-state index in [1.54, 1.807) is 0 Å². The van der Waals surface area contributed by atoms with Crippen LogP contribution in [0, 0.1) is 0 Å². The summed E-state index contributed by atoms with van der Waals surface area (Å²) in [4.78, 5) is 0. The normalized spacial score (nSPS) is 12.4. The average molecular weight is 356 g/mol. The molecule has 0 aliphatic carbocycles. The number of aliphatic hydroxyl groups is 1. The van der Waals surface area contributed by atoms with Gasteiger partial charge in [-0.15, -0.1) is 0 Å². The molecule has 0 heterocycles. The van der Waals surface area contributed by atoms with E-state index in [0.29, 0.717) is 15.0 Å². The molecular formula is C14H13BrOSe. The number of aliphatic hydroxyl groups excluding tert-OH is 1. The SMILES string of the molecule is O[C@@H](C[Se]c1ccccc1)c1cccc(Br)c1. The van der Waals surface area contributed by atoms with Crippen LogP contribution in [0.4, 0.5) is 0 Å². The fourth-order valence-corrected chi connectivity index (χ4v) is 3.79. The zero-order chi connectivity index (χ0) is 12.1. The van der Waals surface area contributed by atoms with Gasteiger partial charge in [0.25, 0.3) is 0 Å². The van der Waals surface area contributed by atoms with Crippen molar-refractivity contribution in [1.29, 1.82) is 0 Å². The molecule has 0 radical (unpaired) electrons. The second-order valence-corrected chi connectivity index (χ2v) is 6.90. The summed E-state index contributed by atoms with van der Waals surface area (Å²) in [7, 11) is 0. The van der Waals surface area contributed by atoms with Crippen molar-refractivity contribution in [1.82, 2.24) is 0 Å². The van der Waals surface area contributed by atoms with Gasteiger partial charge in [-0.1, -0.05) is 0 Å². The molecule has 0 fully saturated rings. The van der Waals surface area contributed by atoms with Crippen molar-refractivity contribution in [2.45, 2.75) is 11.4 Å². The van der Waals surface area contributed by atoms with Gasteiger partial charge in [0.15, 0.2) is 0 Å². The van der Waals surface area contributed by atoms with Crippen molar-refractivity contribution in [2.24, 2.45) is 0 Å². The summed E-state index contributed by atoms with van der Waals surface area (Å²) in [6.07, 6.45) is -0.368. The second-order valence-electron chi connectivity index (χ2n) is 3.69. The van der Waals surface area contributed by atoms with Crippen LogP contribution in [0.2, 0.25) is 5.32 Å². The molecular weight excluding hydrogens is 343 g/mol. The summed E-state index contributed by atoms with van der Waals surface area (Å²) in [5.74, 6) is 0. The molecule has 0 amide bonds. The third-order valence-corrected chi connectivity index (χ3v) is 5.16. The molecule has 0 aromatic heterocycles. The molecule has 1 atom stereocenters. The number of hydrogen-bond donors (Lipinski definition) is 1. The quantitative estimate of drug-likeness (QED) is 0.836. The van der Waals surface area contributed by atoms with Gasteiger partial charge in [-0.3, -0.25) is 0 Å². The minimum absolute atomic E-state index is 0.322. The number of hydrogen-bond acceptors (Lipinski definition) is 1. The number of halogens is 1. The van der Waals surface area contributed by atoms with E-state index < -0.39 is 0 Å². The second kappa shape index (κ2) is 6.36. The third kappa shape index (κ3) is 3.97. The molecule has 2 aromatic rings. The van der Waals surface area contributed by atoms with Crippen molar-refractivity contribution in [3.63, 3.8) is 0 Å². The van der Waals surface area contributed by atoms with E-state index in [9.17, 15) is 5.11 Å². The van der Waals surface area contributed by atoms with E-state index in [2.05, 4.69) is 28.1 Å². The van der Waals surface area contributed by atoms with Crippen LogP contribution >= 0.6 is 15.9 Å². The number of benzene rings is 2. The Labute approximate surface area is 116 Å². The molecule has 0 saturated carbocycles. The monoisotopic (exact) mass is 356 g/mol. The zero-order valence-electron chi connectivity index (χ0n) is 9.21. The van der Waals surface area contributed by atoms with Crippen LogP contribution in [0.3, 0.4) is 0 Å². The molecule has 3 heteroatoms. The van der Waals surface area contributed by atoms with E-state index in [1.165, 1.54) is 4.46 Å². The van der Waals surface area contributed by atoms with Gasteiger partial charge in [0, 0.05) is 0 Å². The molecule has 88 valence electrons. The van der Waals surface area contributed by atoms with Crippen LogP contribution < -0.4 is 4.46 Å². The van der Waals surface area contributed by atoms with Gasteiger partial charge in [-0.05, 0) is 0 Å². The maximum atomic E-state index is 10.1. The molecule has 0 bridgehead atoms. The van der Waals surface area contributed by atoms with Crippen LogP contribution in [-0.2, 0) is 0 Å². The Kier molecular flexibility index (Phi) is 4.81. The van der Waals surface area contributed by atoms with Crippen molar-refractivity contribution in [2.75, 3.05) is 0 Å². The fraction of sp³-hybridized carbons (Fsp3) is 0.143. The third-order valence-electron chi connectivity index (χ3n) is 2.38. The molecule has 1 nitrogen and oxygen atoms in total. The van der Waals surface area contributed by atoms with Gasteiger partial charge in [0.05, 0.1) is 0 Å². The zero-order valence-corrected chi connectivity index (χ0v) is 12.5. The van der Waals surface area contributed by atoms with Crippen LogP contribution in [0.5, 0.6) is 0 Å². The fourth-order valence-electron chi connectivity index (χ4n) is 1.50. The Hall–Kier alpha value is -0.601. The van der Waals surface area contributed by atoms with Gasteiger partial charge >= 0.3 is 117 Å². The summed E-state index contributed by atoms with van der Waals surface area (Å²) in [6, 6.07) is 18.2. The predicted octanol–water partition coefficient (Wildman–Crippen LogP) is 2.93. The first-order valence-corrected chi connectivity index (χ1v) is 8.23. The first-order chi connectivity index (χ1) is 8.25. The summed E-state index contributed by atoms with van der Waals surface area (Å²) in [5, 5.41) is 10.9. The molecule has 17 heavy (non-hydrogen) atoms. The Morgan fingerprint density at radius 1 is 1.06 bits per heavy atom. The first kappa shape index (κ1) is 12.8. The molecule has 0 aliphatic rings. The molecule has 0 saturated heterocycles. The van der Waals surface area contributed by atoms with E-state index in [4.69, 9.17) is 0 Å². The van der Waals surface area contributed by atoms with Crippen molar-refractivity contribution in [3.8, 4) is 0 Å². The average Bonchev–Trinajstić information content (AvgIpc) is 2.37. The van der Waals surface area contributed by atoms with E-state index in [0.717, 1.165) is 15.4 Å². The maximum absolute atomic E-state index is 10.1. The van der Waals surface area contributed by atoms with Gasteiger partial charge in [-0.2, -0.15) is 0 Å². The Morgan fingerprint density at radius 3 is 2.53 bits per heavy atom. The topological polar surface area (TPSA) is 20.2 Å². The van der Waals surface area contributed by atoms with Crippen molar-refractivity contribution < 1.29 is 5.11 Å². The Morgan fingerprint density at radius 2 is 1.82 bits per heavy atom.